The van der Waals surface area contributed by atoms with E-state index in [9.17, 15) is 0 Å². The second kappa shape index (κ2) is 15.6. The molecular formula is C67H60BN3O. The van der Waals surface area contributed by atoms with Gasteiger partial charge in [0.2, 0.25) is 0 Å². The Balaban J connectivity index is 1.14. The summed E-state index contributed by atoms with van der Waals surface area (Å²) in [6.07, 6.45) is 0. The predicted octanol–water partition coefficient (Wildman–Crippen LogP) is 16.6. The molecular weight excluding hydrogens is 874 g/mol. The van der Waals surface area contributed by atoms with Crippen molar-refractivity contribution in [1.29, 1.82) is 0 Å². The van der Waals surface area contributed by atoms with Gasteiger partial charge in [-0.15, -0.1) is 0 Å². The monoisotopic (exact) mass is 933 g/mol. The summed E-state index contributed by atoms with van der Waals surface area (Å²) in [5.41, 5.74) is 27.9. The summed E-state index contributed by atoms with van der Waals surface area (Å²) in [6, 6.07) is 61.8. The molecule has 0 atom stereocenters. The van der Waals surface area contributed by atoms with Gasteiger partial charge >= 0.3 is 0 Å². The normalized spacial score (nSPS) is 13.4. The van der Waals surface area contributed by atoms with E-state index in [0.717, 1.165) is 38.8 Å². The first-order valence-electron chi connectivity index (χ1n) is 25.7. The molecule has 11 aromatic rings. The Labute approximate surface area is 424 Å². The van der Waals surface area contributed by atoms with E-state index in [0.29, 0.717) is 0 Å². The van der Waals surface area contributed by atoms with Crippen LogP contribution in [0.2, 0.25) is 0 Å². The van der Waals surface area contributed by atoms with Gasteiger partial charge in [-0.2, -0.15) is 0 Å². The van der Waals surface area contributed by atoms with Crippen molar-refractivity contribution in [3.8, 4) is 16.8 Å². The fourth-order valence-electron chi connectivity index (χ4n) is 12.6. The minimum atomic E-state index is -0.0598. The highest BCUT2D eigenvalue weighted by molar-refractivity contribution is 7.00. The molecule has 0 bridgehead atoms. The van der Waals surface area contributed by atoms with Crippen LogP contribution in [-0.4, -0.2) is 11.3 Å². The number of hydrogen-bond acceptors (Lipinski definition) is 3. The van der Waals surface area contributed by atoms with E-state index in [1.807, 2.05) is 0 Å². The van der Waals surface area contributed by atoms with Crippen LogP contribution in [0.1, 0.15) is 80.5 Å². The Hall–Kier alpha value is -7.76. The van der Waals surface area contributed by atoms with E-state index in [2.05, 4.69) is 254 Å². The molecule has 2 aromatic heterocycles. The summed E-state index contributed by atoms with van der Waals surface area (Å²) in [6.45, 7) is 25.5. The van der Waals surface area contributed by atoms with Crippen molar-refractivity contribution in [3.63, 3.8) is 0 Å². The van der Waals surface area contributed by atoms with E-state index in [1.54, 1.807) is 0 Å². The van der Waals surface area contributed by atoms with Gasteiger partial charge in [-0.05, 0) is 167 Å². The molecule has 4 heterocycles. The summed E-state index contributed by atoms with van der Waals surface area (Å²) < 4.78 is 9.12. The number of rotatable bonds is 4. The highest BCUT2D eigenvalue weighted by Crippen LogP contribution is 2.50. The van der Waals surface area contributed by atoms with Gasteiger partial charge in [0.25, 0.3) is 6.71 Å². The van der Waals surface area contributed by atoms with Gasteiger partial charge in [0.1, 0.15) is 11.2 Å². The largest absolute Gasteiger partial charge is 0.455 e. The SMILES string of the molecule is Cc1cc2c3c(c1)N(c1c(C)cc(-c4cccc5c4oc4ccccc45)cc1C)c1cc4c(cc1B3c1cc(C(C)(C)C)ccc1N2c1c(C)cc(C(C)(C)C)cc1C)c1ccccc1n4-c1ccccc1. The topological polar surface area (TPSA) is 24.6 Å². The van der Waals surface area contributed by atoms with Crippen LogP contribution in [0.3, 0.4) is 0 Å². The van der Waals surface area contributed by atoms with E-state index in [-0.39, 0.29) is 17.5 Å². The maximum Gasteiger partial charge on any atom is 0.252 e. The average Bonchev–Trinajstić information content (AvgIpc) is 3.89. The number of aryl methyl sites for hydroxylation is 5. The van der Waals surface area contributed by atoms with Crippen molar-refractivity contribution < 1.29 is 4.42 Å². The first kappa shape index (κ1) is 44.2. The third-order valence-corrected chi connectivity index (χ3v) is 15.9. The molecule has 0 radical (unpaired) electrons. The lowest BCUT2D eigenvalue weighted by atomic mass is 9.33. The molecule has 72 heavy (non-hydrogen) atoms. The van der Waals surface area contributed by atoms with Gasteiger partial charge in [0, 0.05) is 55.5 Å². The summed E-state index contributed by atoms with van der Waals surface area (Å²) in [5.74, 6) is 0. The predicted molar refractivity (Wildman–Crippen MR) is 309 cm³/mol. The maximum atomic E-state index is 6.65. The Morgan fingerprint density at radius 1 is 0.431 bits per heavy atom. The lowest BCUT2D eigenvalue weighted by Gasteiger charge is -2.46. The summed E-state index contributed by atoms with van der Waals surface area (Å²) in [5, 5.41) is 4.79. The van der Waals surface area contributed by atoms with Crippen LogP contribution in [0, 0.1) is 34.6 Å². The number of benzene rings is 9. The number of aromatic nitrogens is 1. The number of nitrogens with zero attached hydrogens (tertiary/aromatic N) is 3. The molecule has 352 valence electrons. The van der Waals surface area contributed by atoms with Gasteiger partial charge in [-0.1, -0.05) is 145 Å². The molecule has 0 fully saturated rings. The van der Waals surface area contributed by atoms with Crippen molar-refractivity contribution in [1.82, 2.24) is 4.57 Å². The minimum absolute atomic E-state index is 0.0199. The van der Waals surface area contributed by atoms with Crippen LogP contribution in [0.4, 0.5) is 34.1 Å². The van der Waals surface area contributed by atoms with E-state index >= 15 is 0 Å². The molecule has 2 aliphatic rings. The van der Waals surface area contributed by atoms with Crippen LogP contribution in [0.25, 0.3) is 60.6 Å². The number of fused-ring (bicyclic) bond motifs is 10. The van der Waals surface area contributed by atoms with Crippen LogP contribution in [0.5, 0.6) is 0 Å². The zero-order valence-corrected chi connectivity index (χ0v) is 43.4. The number of hydrogen-bond donors (Lipinski definition) is 0. The second-order valence-corrected chi connectivity index (χ2v) is 22.9. The fraction of sp³-hybridized carbons (Fsp3) is 0.194. The van der Waals surface area contributed by atoms with Crippen molar-refractivity contribution in [3.05, 3.63) is 203 Å². The van der Waals surface area contributed by atoms with E-state index in [1.165, 1.54) is 111 Å². The first-order chi connectivity index (χ1) is 34.5. The Morgan fingerprint density at radius 3 is 1.69 bits per heavy atom. The van der Waals surface area contributed by atoms with Gasteiger partial charge in [-0.25, -0.2) is 0 Å². The smallest absolute Gasteiger partial charge is 0.252 e. The summed E-state index contributed by atoms with van der Waals surface area (Å²) in [7, 11) is 0. The van der Waals surface area contributed by atoms with Crippen LogP contribution in [-0.2, 0) is 10.8 Å². The fourth-order valence-corrected chi connectivity index (χ4v) is 12.6. The third kappa shape index (κ3) is 6.52. The van der Waals surface area contributed by atoms with Crippen LogP contribution < -0.4 is 26.2 Å². The lowest BCUT2D eigenvalue weighted by Crippen LogP contribution is -2.61. The molecule has 0 amide bonds. The Bertz CT molecular complexity index is 4040. The number of para-hydroxylation sites is 4. The molecule has 4 nitrogen and oxygen atoms in total. The molecule has 5 heteroatoms. The quantitative estimate of drug-likeness (QED) is 0.164. The Kier molecular flexibility index (Phi) is 9.59. The molecule has 0 saturated heterocycles. The molecule has 13 rings (SSSR count). The zero-order valence-electron chi connectivity index (χ0n) is 43.4. The maximum absolute atomic E-state index is 6.65. The highest BCUT2D eigenvalue weighted by atomic mass is 16.3. The number of anilines is 6. The van der Waals surface area contributed by atoms with Gasteiger partial charge in [0.05, 0.1) is 22.4 Å². The first-order valence-corrected chi connectivity index (χ1v) is 25.7. The van der Waals surface area contributed by atoms with Crippen molar-refractivity contribution in [2.45, 2.75) is 87.0 Å². The van der Waals surface area contributed by atoms with E-state index in [4.69, 9.17) is 4.42 Å². The summed E-state index contributed by atoms with van der Waals surface area (Å²) >= 11 is 0. The van der Waals surface area contributed by atoms with Crippen molar-refractivity contribution in [2.24, 2.45) is 0 Å². The molecule has 2 aliphatic heterocycles. The molecule has 0 saturated carbocycles. The summed E-state index contributed by atoms with van der Waals surface area (Å²) in [4.78, 5) is 5.26. The average molecular weight is 934 g/mol. The molecule has 9 aromatic carbocycles. The van der Waals surface area contributed by atoms with Crippen molar-refractivity contribution in [2.75, 3.05) is 9.80 Å². The molecule has 0 aliphatic carbocycles. The lowest BCUT2D eigenvalue weighted by molar-refractivity contribution is 0.589. The molecule has 0 unspecified atom stereocenters. The van der Waals surface area contributed by atoms with Gasteiger partial charge < -0.3 is 18.8 Å². The second-order valence-electron chi connectivity index (χ2n) is 22.9. The zero-order chi connectivity index (χ0) is 49.7. The number of furan rings is 1. The van der Waals surface area contributed by atoms with Gasteiger partial charge in [-0.3, -0.25) is 0 Å². The highest BCUT2D eigenvalue weighted by Gasteiger charge is 2.45. The third-order valence-electron chi connectivity index (χ3n) is 15.9. The van der Waals surface area contributed by atoms with Gasteiger partial charge in [0.15, 0.2) is 0 Å². The van der Waals surface area contributed by atoms with Crippen LogP contribution in [0.15, 0.2) is 168 Å². The van der Waals surface area contributed by atoms with E-state index < -0.39 is 0 Å². The Morgan fingerprint density at radius 2 is 1.01 bits per heavy atom. The van der Waals surface area contributed by atoms with Crippen molar-refractivity contribution >= 4 is 101 Å². The standard InChI is InChI=1S/C67H60BN3O/c1-39-30-59-62-60(31-39)71(63-40(2)32-44(33-41(63)3)48-24-19-25-51-50-23-16-18-27-61(50)72-65(48)51)58-38-57-52(49-22-15-17-26-55(49)69(57)47-20-13-12-14-21-47)37-54(58)68(62)53-36-45(66(6,7)8)28-29-56(53)70(59)64-42(4)34-46(35-43(64)5)67(9,10)11/h12-38H,1-11H3. The minimum Gasteiger partial charge on any atom is -0.455 e. The molecule has 0 spiro atoms. The molecule has 0 N–H and O–H groups in total. The van der Waals surface area contributed by atoms with Crippen LogP contribution >= 0.6 is 0 Å².